The fourth-order valence-electron chi connectivity index (χ4n) is 1.71. The van der Waals surface area contributed by atoms with Gasteiger partial charge < -0.3 is 5.11 Å². The molecule has 5 nitrogen and oxygen atoms in total. The molecule has 112 valence electrons. The Morgan fingerprint density at radius 3 is 2.67 bits per heavy atom. The van der Waals surface area contributed by atoms with Crippen LogP contribution in [0.2, 0.25) is 0 Å². The Morgan fingerprint density at radius 1 is 1.38 bits per heavy atom. The molecular weight excluding hydrogens is 378 g/mol. The molecule has 0 saturated carbocycles. The monoisotopic (exact) mass is 389 g/mol. The van der Waals surface area contributed by atoms with Crippen molar-refractivity contribution in [1.29, 1.82) is 0 Å². The van der Waals surface area contributed by atoms with Gasteiger partial charge in [0.05, 0.1) is 10.5 Å². The highest BCUT2D eigenvalue weighted by Gasteiger charge is 2.22. The Hall–Kier alpha value is -1.22. The molecule has 21 heavy (non-hydrogen) atoms. The minimum atomic E-state index is -3.72. The number of sulfonamides is 1. The van der Waals surface area contributed by atoms with Crippen LogP contribution in [0.1, 0.15) is 15.2 Å². The zero-order valence-corrected chi connectivity index (χ0v) is 14.2. The summed E-state index contributed by atoms with van der Waals surface area (Å²) in [5.74, 6) is -1.16. The number of rotatable bonds is 5. The summed E-state index contributed by atoms with van der Waals surface area (Å²) in [6.07, 6.45) is 0. The molecule has 0 amide bonds. The third-order valence-corrected chi connectivity index (χ3v) is 6.27. The molecule has 1 heterocycles. The number of hydrogen-bond acceptors (Lipinski definition) is 4. The highest BCUT2D eigenvalue weighted by Crippen LogP contribution is 2.23. The summed E-state index contributed by atoms with van der Waals surface area (Å²) in [4.78, 5) is 11.8. The van der Waals surface area contributed by atoms with E-state index in [0.29, 0.717) is 0 Å². The number of nitrogens with zero attached hydrogens (tertiary/aromatic N) is 1. The maximum absolute atomic E-state index is 12.4. The van der Waals surface area contributed by atoms with Gasteiger partial charge in [-0.15, -0.1) is 11.3 Å². The minimum Gasteiger partial charge on any atom is -0.478 e. The van der Waals surface area contributed by atoms with Crippen LogP contribution in [0, 0.1) is 0 Å². The first-order valence-electron chi connectivity index (χ1n) is 5.83. The average Bonchev–Trinajstić information content (AvgIpc) is 2.84. The normalized spacial score (nSPS) is 11.8. The highest BCUT2D eigenvalue weighted by molar-refractivity contribution is 9.10. The molecule has 1 aromatic carbocycles. The lowest BCUT2D eigenvalue weighted by atomic mass is 10.2. The summed E-state index contributed by atoms with van der Waals surface area (Å²) in [6.45, 7) is 0.232. The second kappa shape index (κ2) is 6.27. The summed E-state index contributed by atoms with van der Waals surface area (Å²) in [6, 6.07) is 7.19. The van der Waals surface area contributed by atoms with Gasteiger partial charge in [-0.1, -0.05) is 6.07 Å². The van der Waals surface area contributed by atoms with Crippen molar-refractivity contribution >= 4 is 43.3 Å². The van der Waals surface area contributed by atoms with Crippen molar-refractivity contribution < 1.29 is 18.3 Å². The van der Waals surface area contributed by atoms with Crippen LogP contribution in [0.3, 0.4) is 0 Å². The Morgan fingerprint density at radius 2 is 2.10 bits per heavy atom. The van der Waals surface area contributed by atoms with Crippen molar-refractivity contribution in [3.05, 3.63) is 50.6 Å². The molecule has 0 unspecified atom stereocenters. The standard InChI is InChI=1S/C13H12BrNO4S2/c1-15(7-11-6-10(14)8-20-11)21(18,19)12-4-2-3-9(5-12)13(16)17/h2-6,8H,7H2,1H3,(H,16,17). The molecule has 0 atom stereocenters. The topological polar surface area (TPSA) is 74.7 Å². The Labute approximate surface area is 135 Å². The van der Waals surface area contributed by atoms with Gasteiger partial charge in [-0.2, -0.15) is 4.31 Å². The van der Waals surface area contributed by atoms with Crippen LogP contribution in [0.5, 0.6) is 0 Å². The Kier molecular flexibility index (Phi) is 4.82. The highest BCUT2D eigenvalue weighted by atomic mass is 79.9. The van der Waals surface area contributed by atoms with E-state index in [2.05, 4.69) is 15.9 Å². The molecule has 2 aromatic rings. The Bertz CT molecular complexity index is 770. The SMILES string of the molecule is CN(Cc1cc(Br)cs1)S(=O)(=O)c1cccc(C(=O)O)c1. The van der Waals surface area contributed by atoms with E-state index >= 15 is 0 Å². The van der Waals surface area contributed by atoms with Crippen molar-refractivity contribution in [2.24, 2.45) is 0 Å². The van der Waals surface area contributed by atoms with Gasteiger partial charge in [0.25, 0.3) is 0 Å². The van der Waals surface area contributed by atoms with Crippen molar-refractivity contribution in [2.75, 3.05) is 7.05 Å². The molecule has 1 aromatic heterocycles. The second-order valence-corrected chi connectivity index (χ2v) is 8.28. The molecule has 0 saturated heterocycles. The third kappa shape index (κ3) is 3.70. The molecule has 8 heteroatoms. The van der Waals surface area contributed by atoms with Gasteiger partial charge in [0, 0.05) is 28.3 Å². The molecule has 0 aliphatic heterocycles. The lowest BCUT2D eigenvalue weighted by Crippen LogP contribution is -2.26. The van der Waals surface area contributed by atoms with Crippen LogP contribution >= 0.6 is 27.3 Å². The van der Waals surface area contributed by atoms with E-state index < -0.39 is 16.0 Å². The van der Waals surface area contributed by atoms with Gasteiger partial charge in [0.1, 0.15) is 0 Å². The lowest BCUT2D eigenvalue weighted by Gasteiger charge is -2.16. The quantitative estimate of drug-likeness (QED) is 0.852. The minimum absolute atomic E-state index is 0.0273. The molecular formula is C13H12BrNO4S2. The van der Waals surface area contributed by atoms with E-state index in [1.807, 2.05) is 11.4 Å². The summed E-state index contributed by atoms with van der Waals surface area (Å²) >= 11 is 4.77. The summed E-state index contributed by atoms with van der Waals surface area (Å²) in [5.41, 5.74) is -0.0525. The first-order chi connectivity index (χ1) is 9.80. The van der Waals surface area contributed by atoms with Crippen LogP contribution in [-0.2, 0) is 16.6 Å². The molecule has 0 spiro atoms. The average molecular weight is 390 g/mol. The molecule has 0 radical (unpaired) electrons. The van der Waals surface area contributed by atoms with Crippen LogP contribution in [0.15, 0.2) is 45.1 Å². The fraction of sp³-hybridized carbons (Fsp3) is 0.154. The number of thiophene rings is 1. The number of halogens is 1. The maximum atomic E-state index is 12.4. The molecule has 0 fully saturated rings. The predicted octanol–water partition coefficient (Wildman–Crippen LogP) is 3.03. The van der Waals surface area contributed by atoms with E-state index in [0.717, 1.165) is 9.35 Å². The van der Waals surface area contributed by atoms with Crippen LogP contribution in [0.25, 0.3) is 0 Å². The molecule has 0 aliphatic rings. The van der Waals surface area contributed by atoms with E-state index in [-0.39, 0.29) is 17.0 Å². The van der Waals surface area contributed by atoms with Gasteiger partial charge in [-0.25, -0.2) is 13.2 Å². The largest absolute Gasteiger partial charge is 0.478 e. The number of hydrogen-bond donors (Lipinski definition) is 1. The summed E-state index contributed by atoms with van der Waals surface area (Å²) in [7, 11) is -2.25. The maximum Gasteiger partial charge on any atom is 0.335 e. The first-order valence-corrected chi connectivity index (χ1v) is 8.94. The van der Waals surface area contributed by atoms with Crippen LogP contribution in [-0.4, -0.2) is 30.8 Å². The first kappa shape index (κ1) is 16.2. The van der Waals surface area contributed by atoms with E-state index in [1.165, 1.54) is 47.0 Å². The predicted molar refractivity (Wildman–Crippen MR) is 84.1 cm³/mol. The molecule has 2 rings (SSSR count). The van der Waals surface area contributed by atoms with Gasteiger partial charge in [0.2, 0.25) is 10.0 Å². The van der Waals surface area contributed by atoms with E-state index in [4.69, 9.17) is 5.11 Å². The van der Waals surface area contributed by atoms with Gasteiger partial charge in [-0.3, -0.25) is 0 Å². The zero-order valence-electron chi connectivity index (χ0n) is 11.0. The number of benzene rings is 1. The summed E-state index contributed by atoms with van der Waals surface area (Å²) < 4.78 is 27.0. The fourth-order valence-corrected chi connectivity index (χ4v) is 4.49. The van der Waals surface area contributed by atoms with Crippen LogP contribution < -0.4 is 0 Å². The van der Waals surface area contributed by atoms with Crippen molar-refractivity contribution in [3.8, 4) is 0 Å². The van der Waals surface area contributed by atoms with E-state index in [1.54, 1.807) is 0 Å². The number of carboxylic acid groups (broad SMARTS) is 1. The Balaban J connectivity index is 2.28. The zero-order chi connectivity index (χ0) is 15.6. The van der Waals surface area contributed by atoms with Crippen LogP contribution in [0.4, 0.5) is 0 Å². The van der Waals surface area contributed by atoms with Crippen molar-refractivity contribution in [2.45, 2.75) is 11.4 Å². The lowest BCUT2D eigenvalue weighted by molar-refractivity contribution is 0.0696. The molecule has 0 aliphatic carbocycles. The smallest absolute Gasteiger partial charge is 0.335 e. The number of carbonyl (C=O) groups is 1. The summed E-state index contributed by atoms with van der Waals surface area (Å²) in [5, 5.41) is 10.8. The molecule has 1 N–H and O–H groups in total. The van der Waals surface area contributed by atoms with Gasteiger partial charge >= 0.3 is 5.97 Å². The number of aromatic carboxylic acids is 1. The van der Waals surface area contributed by atoms with Gasteiger partial charge in [-0.05, 0) is 40.2 Å². The van der Waals surface area contributed by atoms with Crippen molar-refractivity contribution in [1.82, 2.24) is 4.31 Å². The second-order valence-electron chi connectivity index (χ2n) is 4.33. The van der Waals surface area contributed by atoms with E-state index in [9.17, 15) is 13.2 Å². The number of carboxylic acids is 1. The molecule has 0 bridgehead atoms. The van der Waals surface area contributed by atoms with Crippen molar-refractivity contribution in [3.63, 3.8) is 0 Å². The van der Waals surface area contributed by atoms with Gasteiger partial charge in [0.15, 0.2) is 0 Å². The third-order valence-electron chi connectivity index (χ3n) is 2.79.